The van der Waals surface area contributed by atoms with E-state index in [0.717, 1.165) is 6.07 Å². The van der Waals surface area contributed by atoms with Gasteiger partial charge in [-0.15, -0.1) is 0 Å². The van der Waals surface area contributed by atoms with Crippen molar-refractivity contribution in [2.24, 2.45) is 0 Å². The number of benzene rings is 2. The van der Waals surface area contributed by atoms with Crippen molar-refractivity contribution in [3.63, 3.8) is 0 Å². The number of halogens is 3. The Morgan fingerprint density at radius 2 is 1.78 bits per heavy atom. The zero-order valence-corrected chi connectivity index (χ0v) is 10.4. The molecule has 0 saturated heterocycles. The third-order valence-electron chi connectivity index (χ3n) is 2.79. The lowest BCUT2D eigenvalue weighted by atomic mass is 9.97. The fourth-order valence-corrected chi connectivity index (χ4v) is 1.96. The van der Waals surface area contributed by atoms with Crippen LogP contribution in [-0.4, -0.2) is 5.11 Å². The van der Waals surface area contributed by atoms with Crippen molar-refractivity contribution < 1.29 is 13.9 Å². The molecule has 1 atom stereocenters. The summed E-state index contributed by atoms with van der Waals surface area (Å²) in [6, 6.07) is 8.04. The van der Waals surface area contributed by atoms with Crippen LogP contribution in [0.4, 0.5) is 8.78 Å². The van der Waals surface area contributed by atoms with Crippen LogP contribution in [0.25, 0.3) is 0 Å². The molecule has 0 amide bonds. The fraction of sp³-hybridized carbons (Fsp3) is 0.143. The Labute approximate surface area is 109 Å². The second-order valence-electron chi connectivity index (χ2n) is 4.07. The fourth-order valence-electron chi connectivity index (χ4n) is 1.80. The van der Waals surface area contributed by atoms with Gasteiger partial charge in [-0.1, -0.05) is 23.7 Å². The zero-order valence-electron chi connectivity index (χ0n) is 9.62. The average Bonchev–Trinajstić information content (AvgIpc) is 2.31. The molecule has 0 aliphatic rings. The van der Waals surface area contributed by atoms with Gasteiger partial charge in [0.25, 0.3) is 0 Å². The zero-order chi connectivity index (χ0) is 13.3. The molecule has 0 heterocycles. The summed E-state index contributed by atoms with van der Waals surface area (Å²) in [5, 5.41) is 10.4. The molecule has 0 spiro atoms. The van der Waals surface area contributed by atoms with Gasteiger partial charge in [0.2, 0.25) is 0 Å². The Morgan fingerprint density at radius 3 is 2.44 bits per heavy atom. The van der Waals surface area contributed by atoms with Gasteiger partial charge in [0.05, 0.1) is 0 Å². The molecule has 1 N–H and O–H groups in total. The predicted molar refractivity (Wildman–Crippen MR) is 66.6 cm³/mol. The highest BCUT2D eigenvalue weighted by molar-refractivity contribution is 6.30. The van der Waals surface area contributed by atoms with Crippen LogP contribution >= 0.6 is 11.6 Å². The lowest BCUT2D eigenvalue weighted by Gasteiger charge is -2.15. The first-order chi connectivity index (χ1) is 8.49. The molecule has 94 valence electrons. The van der Waals surface area contributed by atoms with E-state index >= 15 is 0 Å². The predicted octanol–water partition coefficient (Wildman–Crippen LogP) is 4.01. The number of hydrogen-bond acceptors (Lipinski definition) is 1. The Balaban J connectivity index is 2.47. The van der Waals surface area contributed by atoms with Crippen molar-refractivity contribution >= 4 is 11.6 Å². The first-order valence-corrected chi connectivity index (χ1v) is 5.76. The third-order valence-corrected chi connectivity index (χ3v) is 3.03. The van der Waals surface area contributed by atoms with Crippen molar-refractivity contribution in [2.45, 2.75) is 13.0 Å². The molecule has 2 rings (SSSR count). The van der Waals surface area contributed by atoms with Gasteiger partial charge in [-0.25, -0.2) is 8.78 Å². The molecular formula is C14H11ClF2O. The monoisotopic (exact) mass is 268 g/mol. The number of aryl methyl sites for hydroxylation is 1. The molecule has 2 aromatic rings. The van der Waals surface area contributed by atoms with E-state index in [4.69, 9.17) is 11.6 Å². The first-order valence-electron chi connectivity index (χ1n) is 5.38. The van der Waals surface area contributed by atoms with E-state index in [9.17, 15) is 13.9 Å². The van der Waals surface area contributed by atoms with Gasteiger partial charge in [0.1, 0.15) is 17.7 Å². The molecule has 1 unspecified atom stereocenters. The minimum absolute atomic E-state index is 0.0769. The summed E-state index contributed by atoms with van der Waals surface area (Å²) in [7, 11) is 0. The summed E-state index contributed by atoms with van der Waals surface area (Å²) in [5.74, 6) is -1.08. The number of aliphatic hydroxyl groups excluding tert-OH is 1. The van der Waals surface area contributed by atoms with Gasteiger partial charge in [0, 0.05) is 10.6 Å². The van der Waals surface area contributed by atoms with Gasteiger partial charge in [-0.3, -0.25) is 0 Å². The molecule has 2 aromatic carbocycles. The van der Waals surface area contributed by atoms with E-state index in [1.165, 1.54) is 24.3 Å². The molecule has 1 nitrogen and oxygen atoms in total. The minimum atomic E-state index is -1.21. The summed E-state index contributed by atoms with van der Waals surface area (Å²) in [5.41, 5.74) is 1.11. The van der Waals surface area contributed by atoms with Crippen LogP contribution in [0.2, 0.25) is 5.02 Å². The molecule has 4 heteroatoms. The van der Waals surface area contributed by atoms with E-state index in [2.05, 4.69) is 0 Å². The van der Waals surface area contributed by atoms with Crippen LogP contribution in [-0.2, 0) is 0 Å². The second kappa shape index (κ2) is 5.04. The van der Waals surface area contributed by atoms with E-state index in [0.29, 0.717) is 11.1 Å². The van der Waals surface area contributed by atoms with Gasteiger partial charge in [-0.2, -0.15) is 0 Å². The molecule has 0 bridgehead atoms. The SMILES string of the molecule is Cc1ccc(F)cc1C(O)c1ccc(Cl)cc1F. The largest absolute Gasteiger partial charge is 0.384 e. The molecular weight excluding hydrogens is 258 g/mol. The maximum absolute atomic E-state index is 13.7. The summed E-state index contributed by atoms with van der Waals surface area (Å²) in [6.45, 7) is 1.73. The molecule has 0 fully saturated rings. The summed E-state index contributed by atoms with van der Waals surface area (Å²) >= 11 is 5.64. The van der Waals surface area contributed by atoms with Crippen LogP contribution < -0.4 is 0 Å². The standard InChI is InChI=1S/C14H11ClF2O/c1-8-2-4-10(16)7-12(8)14(18)11-5-3-9(15)6-13(11)17/h2-7,14,18H,1H3. The number of hydrogen-bond donors (Lipinski definition) is 1. The quantitative estimate of drug-likeness (QED) is 0.873. The van der Waals surface area contributed by atoms with E-state index in [1.54, 1.807) is 13.0 Å². The molecule has 18 heavy (non-hydrogen) atoms. The van der Waals surface area contributed by atoms with Gasteiger partial charge >= 0.3 is 0 Å². The van der Waals surface area contributed by atoms with Crippen LogP contribution in [0.15, 0.2) is 36.4 Å². The molecule has 0 saturated carbocycles. The highest BCUT2D eigenvalue weighted by atomic mass is 35.5. The maximum atomic E-state index is 13.7. The Morgan fingerprint density at radius 1 is 1.06 bits per heavy atom. The average molecular weight is 269 g/mol. The Bertz CT molecular complexity index is 584. The van der Waals surface area contributed by atoms with Crippen LogP contribution in [0.5, 0.6) is 0 Å². The van der Waals surface area contributed by atoms with Crippen LogP contribution in [0.1, 0.15) is 22.8 Å². The maximum Gasteiger partial charge on any atom is 0.130 e. The number of rotatable bonds is 2. The molecule has 0 aliphatic heterocycles. The van der Waals surface area contributed by atoms with E-state index in [-0.39, 0.29) is 10.6 Å². The minimum Gasteiger partial charge on any atom is -0.384 e. The highest BCUT2D eigenvalue weighted by Crippen LogP contribution is 2.28. The summed E-state index contributed by atoms with van der Waals surface area (Å²) in [6.07, 6.45) is -1.21. The van der Waals surface area contributed by atoms with Crippen LogP contribution in [0, 0.1) is 18.6 Å². The van der Waals surface area contributed by atoms with Crippen molar-refractivity contribution in [3.8, 4) is 0 Å². The summed E-state index contributed by atoms with van der Waals surface area (Å²) in [4.78, 5) is 0. The first kappa shape index (κ1) is 13.0. The number of aliphatic hydroxyl groups is 1. The smallest absolute Gasteiger partial charge is 0.130 e. The second-order valence-corrected chi connectivity index (χ2v) is 4.51. The molecule has 0 radical (unpaired) electrons. The van der Waals surface area contributed by atoms with Crippen LogP contribution in [0.3, 0.4) is 0 Å². The Hall–Kier alpha value is -1.45. The van der Waals surface area contributed by atoms with Crippen molar-refractivity contribution in [1.82, 2.24) is 0 Å². The van der Waals surface area contributed by atoms with E-state index in [1.807, 2.05) is 0 Å². The topological polar surface area (TPSA) is 20.2 Å². The van der Waals surface area contributed by atoms with Crippen molar-refractivity contribution in [2.75, 3.05) is 0 Å². The summed E-state index contributed by atoms with van der Waals surface area (Å²) < 4.78 is 26.8. The van der Waals surface area contributed by atoms with Gasteiger partial charge < -0.3 is 5.11 Å². The van der Waals surface area contributed by atoms with Crippen molar-refractivity contribution in [1.29, 1.82) is 0 Å². The van der Waals surface area contributed by atoms with Gasteiger partial charge in [-0.05, 0) is 42.3 Å². The normalized spacial score (nSPS) is 12.5. The lowest BCUT2D eigenvalue weighted by Crippen LogP contribution is -2.05. The van der Waals surface area contributed by atoms with Gasteiger partial charge in [0.15, 0.2) is 0 Å². The van der Waals surface area contributed by atoms with Crippen molar-refractivity contribution in [3.05, 3.63) is 69.7 Å². The highest BCUT2D eigenvalue weighted by Gasteiger charge is 2.17. The van der Waals surface area contributed by atoms with E-state index < -0.39 is 17.7 Å². The lowest BCUT2D eigenvalue weighted by molar-refractivity contribution is 0.213. The third kappa shape index (κ3) is 2.52. The Kier molecular flexibility index (Phi) is 3.64. The molecule has 0 aliphatic carbocycles. The molecule has 0 aromatic heterocycles.